The molecule has 0 bridgehead atoms. The predicted octanol–water partition coefficient (Wildman–Crippen LogP) is 6.16. The molecule has 6 heteroatoms. The molecule has 0 aliphatic carbocycles. The van der Waals surface area contributed by atoms with Gasteiger partial charge >= 0.3 is 11.9 Å². The molecule has 182 valence electrons. The van der Waals surface area contributed by atoms with Crippen molar-refractivity contribution in [3.63, 3.8) is 0 Å². The molecule has 0 unspecified atom stereocenters. The summed E-state index contributed by atoms with van der Waals surface area (Å²) in [6.45, 7) is 6.00. The van der Waals surface area contributed by atoms with Gasteiger partial charge in [0.2, 0.25) is 5.91 Å². The van der Waals surface area contributed by atoms with Crippen molar-refractivity contribution in [1.82, 2.24) is 5.32 Å². The van der Waals surface area contributed by atoms with Crippen LogP contribution < -0.4 is 5.32 Å². The number of nitrogens with one attached hydrogen (secondary N) is 1. The highest BCUT2D eigenvalue weighted by atomic mass is 16.6. The molecular weight excluding hydrogens is 394 g/mol. The lowest BCUT2D eigenvalue weighted by Crippen LogP contribution is -2.41. The molecule has 0 spiro atoms. The fourth-order valence-corrected chi connectivity index (χ4v) is 3.48. The standard InChI is InChI=1S/C25H47NO5/c1-4-5-6-7-8-9-10-11-12-13-14-15-16-18-22(27)26-21-25(2,3)31-24(30)20-17-19-23(28)29/h4-21H2,1-3H3,(H,26,27)(H,28,29). The topological polar surface area (TPSA) is 92.7 Å². The first-order valence-electron chi connectivity index (χ1n) is 12.5. The predicted molar refractivity (Wildman–Crippen MR) is 125 cm³/mol. The van der Waals surface area contributed by atoms with E-state index < -0.39 is 17.5 Å². The first kappa shape index (κ1) is 29.4. The average Bonchev–Trinajstić information content (AvgIpc) is 2.69. The molecule has 0 atom stereocenters. The third-order valence-corrected chi connectivity index (χ3v) is 5.38. The Labute approximate surface area is 189 Å². The Balaban J connectivity index is 3.58. The Morgan fingerprint density at radius 3 is 1.68 bits per heavy atom. The largest absolute Gasteiger partial charge is 0.481 e. The minimum absolute atomic E-state index is 0.0157. The van der Waals surface area contributed by atoms with Crippen molar-refractivity contribution in [2.75, 3.05) is 6.54 Å². The quantitative estimate of drug-likeness (QED) is 0.164. The lowest BCUT2D eigenvalue weighted by molar-refractivity contribution is -0.157. The van der Waals surface area contributed by atoms with Gasteiger partial charge in [-0.3, -0.25) is 14.4 Å². The number of carboxylic acid groups (broad SMARTS) is 1. The maximum atomic E-state index is 12.0. The SMILES string of the molecule is CCCCCCCCCCCCCCCC(=O)NCC(C)(C)OC(=O)CCCC(=O)O. The van der Waals surface area contributed by atoms with E-state index in [2.05, 4.69) is 12.2 Å². The minimum atomic E-state index is -0.924. The number of hydrogen-bond donors (Lipinski definition) is 2. The van der Waals surface area contributed by atoms with Gasteiger partial charge in [0, 0.05) is 19.3 Å². The second kappa shape index (κ2) is 19.1. The van der Waals surface area contributed by atoms with Crippen molar-refractivity contribution in [3.8, 4) is 0 Å². The Bertz CT molecular complexity index is 490. The zero-order valence-corrected chi connectivity index (χ0v) is 20.3. The van der Waals surface area contributed by atoms with Crippen LogP contribution in [0.3, 0.4) is 0 Å². The smallest absolute Gasteiger partial charge is 0.306 e. The van der Waals surface area contributed by atoms with Gasteiger partial charge in [-0.2, -0.15) is 0 Å². The summed E-state index contributed by atoms with van der Waals surface area (Å²) in [5, 5.41) is 11.4. The van der Waals surface area contributed by atoms with Gasteiger partial charge in [0.1, 0.15) is 5.60 Å². The molecular formula is C25H47NO5. The van der Waals surface area contributed by atoms with Gasteiger partial charge in [-0.25, -0.2) is 0 Å². The van der Waals surface area contributed by atoms with Crippen molar-refractivity contribution >= 4 is 17.8 Å². The molecule has 0 aliphatic heterocycles. The van der Waals surface area contributed by atoms with E-state index in [1.165, 1.54) is 70.6 Å². The molecule has 31 heavy (non-hydrogen) atoms. The van der Waals surface area contributed by atoms with Gasteiger partial charge in [-0.1, -0.05) is 84.0 Å². The first-order valence-corrected chi connectivity index (χ1v) is 12.5. The van der Waals surface area contributed by atoms with Crippen LogP contribution in [0.15, 0.2) is 0 Å². The summed E-state index contributed by atoms with van der Waals surface area (Å²) in [4.78, 5) is 34.3. The van der Waals surface area contributed by atoms with Crippen LogP contribution in [0.5, 0.6) is 0 Å². The Hall–Kier alpha value is -1.59. The fraction of sp³-hybridized carbons (Fsp3) is 0.880. The number of hydrogen-bond acceptors (Lipinski definition) is 4. The number of carbonyl (C=O) groups excluding carboxylic acids is 2. The maximum Gasteiger partial charge on any atom is 0.306 e. The Morgan fingerprint density at radius 1 is 0.710 bits per heavy atom. The molecule has 0 rings (SSSR count). The minimum Gasteiger partial charge on any atom is -0.481 e. The summed E-state index contributed by atoms with van der Waals surface area (Å²) in [5.41, 5.74) is -0.800. The van der Waals surface area contributed by atoms with Crippen LogP contribution in [0.1, 0.15) is 130 Å². The van der Waals surface area contributed by atoms with E-state index in [1.54, 1.807) is 13.8 Å². The number of esters is 1. The van der Waals surface area contributed by atoms with Gasteiger partial charge in [-0.05, 0) is 26.7 Å². The molecule has 0 saturated carbocycles. The molecule has 0 saturated heterocycles. The molecule has 0 aromatic heterocycles. The molecule has 0 radical (unpaired) electrons. The monoisotopic (exact) mass is 441 g/mol. The van der Waals surface area contributed by atoms with E-state index in [0.717, 1.165) is 12.8 Å². The highest BCUT2D eigenvalue weighted by Crippen LogP contribution is 2.14. The Morgan fingerprint density at radius 2 is 1.19 bits per heavy atom. The summed E-state index contributed by atoms with van der Waals surface area (Å²) in [5.74, 6) is -1.37. The van der Waals surface area contributed by atoms with Crippen LogP contribution in [0.25, 0.3) is 0 Å². The molecule has 6 nitrogen and oxygen atoms in total. The van der Waals surface area contributed by atoms with Gasteiger partial charge in [-0.15, -0.1) is 0 Å². The van der Waals surface area contributed by atoms with E-state index >= 15 is 0 Å². The van der Waals surface area contributed by atoms with Crippen LogP contribution in [0.2, 0.25) is 0 Å². The lowest BCUT2D eigenvalue weighted by Gasteiger charge is -2.25. The first-order chi connectivity index (χ1) is 14.8. The van der Waals surface area contributed by atoms with Gasteiger partial charge < -0.3 is 15.2 Å². The second-order valence-electron chi connectivity index (χ2n) is 9.25. The van der Waals surface area contributed by atoms with Gasteiger partial charge in [0.05, 0.1) is 6.54 Å². The van der Waals surface area contributed by atoms with Crippen molar-refractivity contribution in [2.24, 2.45) is 0 Å². The summed E-state index contributed by atoms with van der Waals surface area (Å²) < 4.78 is 5.35. The average molecular weight is 442 g/mol. The summed E-state index contributed by atoms with van der Waals surface area (Å²) in [6.07, 6.45) is 17.4. The fourth-order valence-electron chi connectivity index (χ4n) is 3.48. The molecule has 0 aromatic rings. The van der Waals surface area contributed by atoms with E-state index in [0.29, 0.717) is 6.42 Å². The number of unbranched alkanes of at least 4 members (excludes halogenated alkanes) is 12. The lowest BCUT2D eigenvalue weighted by atomic mass is 10.0. The highest BCUT2D eigenvalue weighted by Gasteiger charge is 2.23. The highest BCUT2D eigenvalue weighted by molar-refractivity contribution is 5.76. The van der Waals surface area contributed by atoms with Crippen molar-refractivity contribution in [2.45, 2.75) is 136 Å². The maximum absolute atomic E-state index is 12.0. The van der Waals surface area contributed by atoms with Crippen LogP contribution in [-0.4, -0.2) is 35.1 Å². The normalized spacial score (nSPS) is 11.3. The van der Waals surface area contributed by atoms with E-state index in [4.69, 9.17) is 9.84 Å². The van der Waals surface area contributed by atoms with Crippen molar-refractivity contribution in [1.29, 1.82) is 0 Å². The van der Waals surface area contributed by atoms with E-state index in [-0.39, 0.29) is 31.7 Å². The van der Waals surface area contributed by atoms with Crippen molar-refractivity contribution < 1.29 is 24.2 Å². The number of rotatable bonds is 21. The molecule has 0 heterocycles. The number of carbonyl (C=O) groups is 3. The van der Waals surface area contributed by atoms with E-state index in [9.17, 15) is 14.4 Å². The molecule has 0 fully saturated rings. The number of carboxylic acids is 1. The molecule has 1 amide bonds. The number of ether oxygens (including phenoxy) is 1. The second-order valence-corrected chi connectivity index (χ2v) is 9.25. The van der Waals surface area contributed by atoms with Crippen LogP contribution in [0, 0.1) is 0 Å². The summed E-state index contributed by atoms with van der Waals surface area (Å²) >= 11 is 0. The zero-order chi connectivity index (χ0) is 23.4. The molecule has 2 N–H and O–H groups in total. The van der Waals surface area contributed by atoms with Crippen LogP contribution >= 0.6 is 0 Å². The summed E-state index contributed by atoms with van der Waals surface area (Å²) in [6, 6.07) is 0. The van der Waals surface area contributed by atoms with Crippen LogP contribution in [0.4, 0.5) is 0 Å². The summed E-state index contributed by atoms with van der Waals surface area (Å²) in [7, 11) is 0. The van der Waals surface area contributed by atoms with Crippen molar-refractivity contribution in [3.05, 3.63) is 0 Å². The third-order valence-electron chi connectivity index (χ3n) is 5.38. The molecule has 0 aromatic carbocycles. The van der Waals surface area contributed by atoms with Crippen LogP contribution in [-0.2, 0) is 19.1 Å². The molecule has 0 aliphatic rings. The van der Waals surface area contributed by atoms with Gasteiger partial charge in [0.15, 0.2) is 0 Å². The number of aliphatic carboxylic acids is 1. The Kier molecular flexibility index (Phi) is 18.1. The zero-order valence-electron chi connectivity index (χ0n) is 20.3. The number of amides is 1. The van der Waals surface area contributed by atoms with E-state index in [1.807, 2.05) is 0 Å². The third kappa shape index (κ3) is 21.4. The van der Waals surface area contributed by atoms with Gasteiger partial charge in [0.25, 0.3) is 0 Å².